The molecule has 0 heterocycles. The number of hydrogen-bond donors (Lipinski definition) is 1. The van der Waals surface area contributed by atoms with Gasteiger partial charge in [0, 0.05) is 5.75 Å². The van der Waals surface area contributed by atoms with E-state index >= 15 is 0 Å². The van der Waals surface area contributed by atoms with Crippen LogP contribution in [0.15, 0.2) is 24.3 Å². The second-order valence-electron chi connectivity index (χ2n) is 5.82. The molecular formula is C16H22FNO3S. The van der Waals surface area contributed by atoms with Crippen LogP contribution >= 0.6 is 0 Å². The van der Waals surface area contributed by atoms with Crippen LogP contribution in [0.1, 0.15) is 44.2 Å². The van der Waals surface area contributed by atoms with E-state index in [0.29, 0.717) is 0 Å². The number of hydrogen-bond acceptors (Lipinski definition) is 3. The largest absolute Gasteiger partial charge is 0.348 e. The highest BCUT2D eigenvalue weighted by molar-refractivity contribution is 7.92. The quantitative estimate of drug-likeness (QED) is 0.873. The molecule has 0 aliphatic heterocycles. The van der Waals surface area contributed by atoms with Crippen molar-refractivity contribution in [3.05, 3.63) is 35.6 Å². The average Bonchev–Trinajstić information content (AvgIpc) is 2.99. The van der Waals surface area contributed by atoms with Gasteiger partial charge in [-0.1, -0.05) is 31.9 Å². The summed E-state index contributed by atoms with van der Waals surface area (Å²) in [6.07, 6.45) is 4.18. The fourth-order valence-electron chi connectivity index (χ4n) is 2.95. The zero-order valence-corrected chi connectivity index (χ0v) is 13.5. The summed E-state index contributed by atoms with van der Waals surface area (Å²) in [5, 5.41) is 2.84. The molecule has 1 unspecified atom stereocenters. The summed E-state index contributed by atoms with van der Waals surface area (Å²) in [5.74, 6) is -1.07. The van der Waals surface area contributed by atoms with Crippen LogP contribution in [0.25, 0.3) is 0 Å². The molecule has 1 saturated carbocycles. The highest BCUT2D eigenvalue weighted by atomic mass is 32.2. The summed E-state index contributed by atoms with van der Waals surface area (Å²) in [6, 6.07) is 5.81. The molecule has 4 nitrogen and oxygen atoms in total. The zero-order valence-electron chi connectivity index (χ0n) is 12.7. The third kappa shape index (κ3) is 4.53. The van der Waals surface area contributed by atoms with Gasteiger partial charge in [-0.25, -0.2) is 12.8 Å². The lowest BCUT2D eigenvalue weighted by Crippen LogP contribution is -2.37. The predicted octanol–water partition coefficient (Wildman–Crippen LogP) is 2.61. The van der Waals surface area contributed by atoms with Crippen LogP contribution in [-0.4, -0.2) is 25.8 Å². The Morgan fingerprint density at radius 1 is 1.27 bits per heavy atom. The summed E-state index contributed by atoms with van der Waals surface area (Å²) in [5.41, 5.74) is 0.829. The van der Waals surface area contributed by atoms with Crippen LogP contribution in [0.2, 0.25) is 0 Å². The molecule has 1 aliphatic rings. The van der Waals surface area contributed by atoms with Gasteiger partial charge in [-0.3, -0.25) is 4.79 Å². The normalized spacial score (nSPS) is 17.4. The zero-order chi connectivity index (χ0) is 16.2. The van der Waals surface area contributed by atoms with Gasteiger partial charge >= 0.3 is 0 Å². The maximum Gasteiger partial charge on any atom is 0.235 e. The summed E-state index contributed by atoms with van der Waals surface area (Å²) in [6.45, 7) is 1.52. The highest BCUT2D eigenvalue weighted by Crippen LogP contribution is 2.35. The molecule has 0 radical (unpaired) electrons. The van der Waals surface area contributed by atoms with Gasteiger partial charge in [0.15, 0.2) is 9.84 Å². The van der Waals surface area contributed by atoms with E-state index in [9.17, 15) is 17.6 Å². The molecule has 122 valence electrons. The first-order valence-corrected chi connectivity index (χ1v) is 9.48. The molecule has 1 aromatic carbocycles. The lowest BCUT2D eigenvalue weighted by atomic mass is 9.91. The summed E-state index contributed by atoms with van der Waals surface area (Å²) < 4.78 is 36.3. The maximum atomic E-state index is 13.1. The summed E-state index contributed by atoms with van der Waals surface area (Å²) in [7, 11) is -3.35. The van der Waals surface area contributed by atoms with E-state index in [4.69, 9.17) is 0 Å². The van der Waals surface area contributed by atoms with E-state index in [0.717, 1.165) is 31.2 Å². The molecule has 1 amide bonds. The van der Waals surface area contributed by atoms with Crippen molar-refractivity contribution in [2.24, 2.45) is 5.92 Å². The molecule has 1 aromatic rings. The Labute approximate surface area is 131 Å². The van der Waals surface area contributed by atoms with E-state index in [-0.39, 0.29) is 23.5 Å². The fraction of sp³-hybridized carbons (Fsp3) is 0.562. The van der Waals surface area contributed by atoms with Crippen molar-refractivity contribution >= 4 is 15.7 Å². The standard InChI is InChI=1S/C16H22FNO3S/c1-2-22(20,21)11-15(19)18-16(12-5-3-4-6-12)13-7-9-14(17)10-8-13/h7-10,12,16H,2-6,11H2,1H3,(H,18,19). The monoisotopic (exact) mass is 327 g/mol. The molecule has 1 aliphatic carbocycles. The van der Waals surface area contributed by atoms with Crippen molar-refractivity contribution in [2.45, 2.75) is 38.6 Å². The first-order chi connectivity index (χ1) is 10.4. The van der Waals surface area contributed by atoms with E-state index in [1.807, 2.05) is 0 Å². The van der Waals surface area contributed by atoms with Crippen molar-refractivity contribution in [3.8, 4) is 0 Å². The van der Waals surface area contributed by atoms with Gasteiger partial charge < -0.3 is 5.32 Å². The molecule has 0 spiro atoms. The Balaban J connectivity index is 2.14. The van der Waals surface area contributed by atoms with Gasteiger partial charge in [0.1, 0.15) is 11.6 Å². The third-order valence-corrected chi connectivity index (χ3v) is 5.79. The predicted molar refractivity (Wildman–Crippen MR) is 83.6 cm³/mol. The molecular weight excluding hydrogens is 305 g/mol. The molecule has 1 atom stereocenters. The summed E-state index contributed by atoms with van der Waals surface area (Å²) >= 11 is 0. The molecule has 2 rings (SSSR count). The molecule has 0 saturated heterocycles. The number of carbonyl (C=O) groups excluding carboxylic acids is 1. The minimum Gasteiger partial charge on any atom is -0.348 e. The smallest absolute Gasteiger partial charge is 0.235 e. The topological polar surface area (TPSA) is 63.2 Å². The number of carbonyl (C=O) groups is 1. The van der Waals surface area contributed by atoms with Crippen LogP contribution in [0.5, 0.6) is 0 Å². The van der Waals surface area contributed by atoms with E-state index < -0.39 is 21.5 Å². The lowest BCUT2D eigenvalue weighted by Gasteiger charge is -2.25. The number of nitrogens with one attached hydrogen (secondary N) is 1. The van der Waals surface area contributed by atoms with Crippen molar-refractivity contribution in [1.82, 2.24) is 5.32 Å². The van der Waals surface area contributed by atoms with Crippen molar-refractivity contribution < 1.29 is 17.6 Å². The Morgan fingerprint density at radius 2 is 1.86 bits per heavy atom. The highest BCUT2D eigenvalue weighted by Gasteiger charge is 2.28. The second kappa shape index (κ2) is 7.22. The molecule has 0 bridgehead atoms. The van der Waals surface area contributed by atoms with Gasteiger partial charge in [-0.05, 0) is 36.5 Å². The number of amides is 1. The molecule has 6 heteroatoms. The van der Waals surface area contributed by atoms with Crippen LogP contribution in [-0.2, 0) is 14.6 Å². The van der Waals surface area contributed by atoms with Crippen LogP contribution in [0, 0.1) is 11.7 Å². The first kappa shape index (κ1) is 16.9. The second-order valence-corrected chi connectivity index (χ2v) is 8.17. The van der Waals surface area contributed by atoms with Crippen molar-refractivity contribution in [2.75, 3.05) is 11.5 Å². The fourth-order valence-corrected chi connectivity index (χ4v) is 3.64. The van der Waals surface area contributed by atoms with Gasteiger partial charge in [0.2, 0.25) is 5.91 Å². The van der Waals surface area contributed by atoms with Crippen LogP contribution in [0.4, 0.5) is 4.39 Å². The maximum absolute atomic E-state index is 13.1. The van der Waals surface area contributed by atoms with Crippen LogP contribution in [0.3, 0.4) is 0 Å². The molecule has 22 heavy (non-hydrogen) atoms. The van der Waals surface area contributed by atoms with E-state index in [1.165, 1.54) is 19.1 Å². The Hall–Kier alpha value is -1.43. The first-order valence-electron chi connectivity index (χ1n) is 7.66. The average molecular weight is 327 g/mol. The molecule has 1 N–H and O–H groups in total. The van der Waals surface area contributed by atoms with Crippen molar-refractivity contribution in [3.63, 3.8) is 0 Å². The number of rotatable bonds is 6. The summed E-state index contributed by atoms with van der Waals surface area (Å²) in [4.78, 5) is 12.1. The Kier molecular flexibility index (Phi) is 5.56. The Bertz CT molecular complexity index is 607. The van der Waals surface area contributed by atoms with Gasteiger partial charge in [-0.2, -0.15) is 0 Å². The Morgan fingerprint density at radius 3 is 2.41 bits per heavy atom. The van der Waals surface area contributed by atoms with Gasteiger partial charge in [0.25, 0.3) is 0 Å². The van der Waals surface area contributed by atoms with Crippen molar-refractivity contribution in [1.29, 1.82) is 0 Å². The van der Waals surface area contributed by atoms with Gasteiger partial charge in [0.05, 0.1) is 6.04 Å². The van der Waals surface area contributed by atoms with Gasteiger partial charge in [-0.15, -0.1) is 0 Å². The third-order valence-electron chi connectivity index (χ3n) is 4.21. The van der Waals surface area contributed by atoms with E-state index in [2.05, 4.69) is 5.32 Å². The molecule has 0 aromatic heterocycles. The number of halogens is 1. The van der Waals surface area contributed by atoms with E-state index in [1.54, 1.807) is 12.1 Å². The lowest BCUT2D eigenvalue weighted by molar-refractivity contribution is -0.119. The minimum absolute atomic E-state index is 0.0505. The minimum atomic E-state index is -3.35. The van der Waals surface area contributed by atoms with Crippen LogP contribution < -0.4 is 5.32 Å². The molecule has 1 fully saturated rings. The number of sulfone groups is 1. The SMILES string of the molecule is CCS(=O)(=O)CC(=O)NC(c1ccc(F)cc1)C1CCCC1. The number of benzene rings is 1.